The highest BCUT2D eigenvalue weighted by Crippen LogP contribution is 2.63. The first kappa shape index (κ1) is 16.0. The summed E-state index contributed by atoms with van der Waals surface area (Å²) in [4.78, 5) is 24.8. The zero-order valence-electron chi connectivity index (χ0n) is 14.1. The number of ether oxygens (including phenoxy) is 2. The lowest BCUT2D eigenvalue weighted by Gasteiger charge is -2.41. The number of hydrogen-bond acceptors (Lipinski definition) is 4. The molecular formula is C19H21NO5. The molecule has 0 spiro atoms. The van der Waals surface area contributed by atoms with E-state index in [4.69, 9.17) is 9.47 Å². The van der Waals surface area contributed by atoms with Crippen LogP contribution in [0.15, 0.2) is 30.4 Å². The van der Waals surface area contributed by atoms with Crippen LogP contribution in [0.3, 0.4) is 0 Å². The number of benzene rings is 1. The molecule has 2 saturated carbocycles. The molecule has 6 heteroatoms. The van der Waals surface area contributed by atoms with Crippen molar-refractivity contribution in [3.8, 4) is 11.5 Å². The van der Waals surface area contributed by atoms with Crippen molar-refractivity contribution < 1.29 is 24.2 Å². The van der Waals surface area contributed by atoms with Crippen molar-refractivity contribution in [3.63, 3.8) is 0 Å². The molecule has 6 nitrogen and oxygen atoms in total. The van der Waals surface area contributed by atoms with E-state index in [2.05, 4.69) is 5.32 Å². The summed E-state index contributed by atoms with van der Waals surface area (Å²) in [5.41, 5.74) is 0.523. The Kier molecular flexibility index (Phi) is 3.71. The van der Waals surface area contributed by atoms with Crippen molar-refractivity contribution in [2.45, 2.75) is 6.42 Å². The van der Waals surface area contributed by atoms with Gasteiger partial charge >= 0.3 is 5.97 Å². The second-order valence-electron chi connectivity index (χ2n) is 7.05. The van der Waals surface area contributed by atoms with Gasteiger partial charge in [-0.05, 0) is 42.2 Å². The average Bonchev–Trinajstić information content (AvgIpc) is 3.43. The second-order valence-corrected chi connectivity index (χ2v) is 7.05. The quantitative estimate of drug-likeness (QED) is 0.802. The fraction of sp³-hybridized carbons (Fsp3) is 0.474. The van der Waals surface area contributed by atoms with Crippen LogP contribution in [0.1, 0.15) is 6.42 Å². The first-order valence-electron chi connectivity index (χ1n) is 8.49. The molecule has 1 aromatic rings. The van der Waals surface area contributed by atoms with Crippen LogP contribution in [0.5, 0.6) is 11.5 Å². The standard InChI is InChI=1S/C19H21NO5/c1-24-9-3-6-14(15(7-9)25-2)20-18(21)16-10-4-5-11(13-8-12(10)13)17(16)19(22)23/h3-7,10-13,16-17H,8H2,1-2H3,(H,20,21)(H,22,23)/t10-,11+,12+,13+,16-,17-/m0/s1. The number of methoxy groups -OCH3 is 2. The third-order valence-corrected chi connectivity index (χ3v) is 5.91. The Morgan fingerprint density at radius 1 is 1.08 bits per heavy atom. The van der Waals surface area contributed by atoms with Crippen LogP contribution in [0.25, 0.3) is 0 Å². The van der Waals surface area contributed by atoms with Crippen LogP contribution >= 0.6 is 0 Å². The molecule has 25 heavy (non-hydrogen) atoms. The number of carboxylic acid groups (broad SMARTS) is 1. The molecule has 2 N–H and O–H groups in total. The van der Waals surface area contributed by atoms with Gasteiger partial charge in [-0.3, -0.25) is 9.59 Å². The maximum absolute atomic E-state index is 13.0. The normalized spacial score (nSPS) is 34.2. The molecule has 1 amide bonds. The molecule has 0 heterocycles. The molecular weight excluding hydrogens is 322 g/mol. The van der Waals surface area contributed by atoms with Gasteiger partial charge in [-0.1, -0.05) is 12.2 Å². The third kappa shape index (κ3) is 2.47. The third-order valence-electron chi connectivity index (χ3n) is 5.91. The van der Waals surface area contributed by atoms with Crippen molar-refractivity contribution in [2.75, 3.05) is 19.5 Å². The van der Waals surface area contributed by atoms with Gasteiger partial charge in [0.2, 0.25) is 5.91 Å². The lowest BCUT2D eigenvalue weighted by molar-refractivity contribution is -0.152. The Labute approximate surface area is 145 Å². The van der Waals surface area contributed by atoms with Crippen LogP contribution in [0.4, 0.5) is 5.69 Å². The number of anilines is 1. The highest BCUT2D eigenvalue weighted by Gasteiger charge is 2.63. The number of aliphatic carboxylic acids is 1. The summed E-state index contributed by atoms with van der Waals surface area (Å²) in [5, 5.41) is 12.6. The Morgan fingerprint density at radius 2 is 1.76 bits per heavy atom. The molecule has 1 aromatic carbocycles. The Hall–Kier alpha value is -2.50. The van der Waals surface area contributed by atoms with E-state index in [-0.39, 0.29) is 17.7 Å². The lowest BCUT2D eigenvalue weighted by atomic mass is 9.62. The van der Waals surface area contributed by atoms with Crippen molar-refractivity contribution in [1.82, 2.24) is 0 Å². The summed E-state index contributed by atoms with van der Waals surface area (Å²) in [6.45, 7) is 0. The van der Waals surface area contributed by atoms with E-state index < -0.39 is 17.8 Å². The smallest absolute Gasteiger partial charge is 0.307 e. The van der Waals surface area contributed by atoms with E-state index in [1.807, 2.05) is 12.2 Å². The summed E-state index contributed by atoms with van der Waals surface area (Å²) in [5.74, 6) is -0.326. The number of carboxylic acids is 1. The highest BCUT2D eigenvalue weighted by molar-refractivity contribution is 5.97. The van der Waals surface area contributed by atoms with Crippen LogP contribution in [-0.4, -0.2) is 31.2 Å². The maximum atomic E-state index is 13.0. The molecule has 4 aliphatic rings. The van der Waals surface area contributed by atoms with Gasteiger partial charge in [-0.2, -0.15) is 0 Å². The predicted molar refractivity (Wildman–Crippen MR) is 90.5 cm³/mol. The van der Waals surface area contributed by atoms with Crippen LogP contribution < -0.4 is 14.8 Å². The summed E-state index contributed by atoms with van der Waals surface area (Å²) in [6.07, 6.45) is 5.09. The van der Waals surface area contributed by atoms with Crippen molar-refractivity contribution in [2.24, 2.45) is 35.5 Å². The second kappa shape index (κ2) is 5.79. The van der Waals surface area contributed by atoms with Gasteiger partial charge in [0.05, 0.1) is 31.7 Å². The van der Waals surface area contributed by atoms with Gasteiger partial charge < -0.3 is 19.9 Å². The molecule has 4 aliphatic carbocycles. The zero-order chi connectivity index (χ0) is 17.7. The summed E-state index contributed by atoms with van der Waals surface area (Å²) < 4.78 is 10.5. The minimum Gasteiger partial charge on any atom is -0.497 e. The van der Waals surface area contributed by atoms with Crippen molar-refractivity contribution >= 4 is 17.6 Å². The van der Waals surface area contributed by atoms with Gasteiger partial charge in [0.1, 0.15) is 11.5 Å². The summed E-state index contributed by atoms with van der Waals surface area (Å²) in [7, 11) is 3.08. The predicted octanol–water partition coefficient (Wildman–Crippen LogP) is 2.41. The van der Waals surface area contributed by atoms with Crippen molar-refractivity contribution in [3.05, 3.63) is 30.4 Å². The molecule has 0 aliphatic heterocycles. The minimum atomic E-state index is -0.883. The largest absolute Gasteiger partial charge is 0.497 e. The number of nitrogens with one attached hydrogen (secondary N) is 1. The fourth-order valence-corrected chi connectivity index (χ4v) is 4.69. The van der Waals surface area contributed by atoms with E-state index >= 15 is 0 Å². The van der Waals surface area contributed by atoms with Gasteiger partial charge in [-0.25, -0.2) is 0 Å². The average molecular weight is 343 g/mol. The van der Waals surface area contributed by atoms with E-state index in [1.165, 1.54) is 7.11 Å². The van der Waals surface area contributed by atoms with Crippen LogP contribution in [0, 0.1) is 35.5 Å². The van der Waals surface area contributed by atoms with Gasteiger partial charge in [0.25, 0.3) is 0 Å². The van der Waals surface area contributed by atoms with Gasteiger partial charge in [-0.15, -0.1) is 0 Å². The fourth-order valence-electron chi connectivity index (χ4n) is 4.69. The molecule has 0 aromatic heterocycles. The van der Waals surface area contributed by atoms with Crippen LogP contribution in [-0.2, 0) is 9.59 Å². The molecule has 0 unspecified atom stereocenters. The number of hydrogen-bond donors (Lipinski definition) is 2. The Balaban J connectivity index is 1.60. The molecule has 6 atom stereocenters. The summed E-state index contributed by atoms with van der Waals surface area (Å²) in [6, 6.07) is 5.13. The maximum Gasteiger partial charge on any atom is 0.307 e. The van der Waals surface area contributed by atoms with Crippen LogP contribution in [0.2, 0.25) is 0 Å². The first-order valence-corrected chi connectivity index (χ1v) is 8.49. The Morgan fingerprint density at radius 3 is 2.36 bits per heavy atom. The monoisotopic (exact) mass is 343 g/mol. The first-order chi connectivity index (χ1) is 12.0. The number of carbonyl (C=O) groups is 2. The number of amides is 1. The number of carbonyl (C=O) groups excluding carboxylic acids is 1. The number of rotatable bonds is 5. The van der Waals surface area contributed by atoms with Gasteiger partial charge in [0.15, 0.2) is 0 Å². The minimum absolute atomic E-state index is 0.0142. The van der Waals surface area contributed by atoms with Gasteiger partial charge in [0, 0.05) is 6.07 Å². The van der Waals surface area contributed by atoms with E-state index in [1.54, 1.807) is 25.3 Å². The number of allylic oxidation sites excluding steroid dienone is 2. The highest BCUT2D eigenvalue weighted by atomic mass is 16.5. The SMILES string of the molecule is COc1ccc(NC(=O)[C@H]2[C@H]3C=C[C@H]([C@H]4C[C@H]34)[C@@H]2C(=O)O)c(OC)c1. The topological polar surface area (TPSA) is 84.9 Å². The van der Waals surface area contributed by atoms with E-state index in [0.29, 0.717) is 29.0 Å². The molecule has 2 bridgehead atoms. The summed E-state index contributed by atoms with van der Waals surface area (Å²) >= 11 is 0. The van der Waals surface area contributed by atoms with E-state index in [9.17, 15) is 14.7 Å². The molecule has 2 fully saturated rings. The lowest BCUT2D eigenvalue weighted by Crippen LogP contribution is -2.48. The molecule has 0 radical (unpaired) electrons. The number of fused-ring (bicyclic) bond motifs is 1. The zero-order valence-corrected chi connectivity index (χ0v) is 14.1. The van der Waals surface area contributed by atoms with E-state index in [0.717, 1.165) is 6.42 Å². The molecule has 0 saturated heterocycles. The molecule has 5 rings (SSSR count). The van der Waals surface area contributed by atoms with Crippen molar-refractivity contribution in [1.29, 1.82) is 0 Å². The molecule has 132 valence electrons. The Bertz CT molecular complexity index is 758.